The zero-order valence-corrected chi connectivity index (χ0v) is 18.9. The van der Waals surface area contributed by atoms with E-state index < -0.39 is 10.0 Å². The third kappa shape index (κ3) is 3.99. The maximum atomic E-state index is 12.8. The molecule has 0 atom stereocenters. The fraction of sp³-hybridized carbons (Fsp3) is 0.160. The number of anilines is 2. The lowest BCUT2D eigenvalue weighted by molar-refractivity contribution is 0.102. The van der Waals surface area contributed by atoms with Gasteiger partial charge in [-0.1, -0.05) is 24.3 Å². The molecule has 3 aromatic carbocycles. The Morgan fingerprint density at radius 1 is 1.03 bits per heavy atom. The quantitative estimate of drug-likeness (QED) is 0.405. The fourth-order valence-corrected chi connectivity index (χ4v) is 4.88. The number of rotatable bonds is 7. The van der Waals surface area contributed by atoms with Crippen LogP contribution in [0.4, 0.5) is 11.4 Å². The maximum Gasteiger partial charge on any atom is 0.255 e. The van der Waals surface area contributed by atoms with Gasteiger partial charge in [0.2, 0.25) is 10.0 Å². The summed E-state index contributed by atoms with van der Waals surface area (Å²) >= 11 is 0. The van der Waals surface area contributed by atoms with Crippen LogP contribution >= 0.6 is 0 Å². The van der Waals surface area contributed by atoms with Crippen molar-refractivity contribution in [2.75, 3.05) is 22.4 Å². The molecule has 0 aliphatic heterocycles. The third-order valence-corrected chi connectivity index (χ3v) is 6.62. The number of sulfonamides is 1. The van der Waals surface area contributed by atoms with Crippen LogP contribution in [0.15, 0.2) is 79.4 Å². The Morgan fingerprint density at radius 3 is 2.38 bits per heavy atom. The molecule has 0 aliphatic carbocycles. The lowest BCUT2D eigenvalue weighted by Gasteiger charge is -2.20. The number of hydrogen-bond acceptors (Lipinski definition) is 3. The van der Waals surface area contributed by atoms with E-state index in [4.69, 9.17) is 0 Å². The SMILES string of the molecule is C=CCN(c1ccc(C(=O)Nc2ccc3c(c2)c2ccccc2n3CC)cc1)S(C)(=O)=O. The number of nitrogens with zero attached hydrogens (tertiary/aromatic N) is 2. The highest BCUT2D eigenvalue weighted by molar-refractivity contribution is 7.92. The minimum Gasteiger partial charge on any atom is -0.341 e. The van der Waals surface area contributed by atoms with Gasteiger partial charge in [-0.15, -0.1) is 6.58 Å². The minimum absolute atomic E-state index is 0.162. The average Bonchev–Trinajstić information content (AvgIpc) is 3.10. The lowest BCUT2D eigenvalue weighted by atomic mass is 10.1. The highest BCUT2D eigenvalue weighted by Crippen LogP contribution is 2.31. The van der Waals surface area contributed by atoms with Crippen LogP contribution in [-0.4, -0.2) is 31.7 Å². The van der Waals surface area contributed by atoms with Gasteiger partial charge in [-0.3, -0.25) is 9.10 Å². The first-order valence-electron chi connectivity index (χ1n) is 10.3. The highest BCUT2D eigenvalue weighted by Gasteiger charge is 2.17. The number of fused-ring (bicyclic) bond motifs is 3. The molecule has 0 saturated carbocycles. The van der Waals surface area contributed by atoms with Crippen LogP contribution in [0.2, 0.25) is 0 Å². The molecular weight excluding hydrogens is 422 g/mol. The zero-order valence-electron chi connectivity index (χ0n) is 18.1. The van der Waals surface area contributed by atoms with Gasteiger partial charge in [0.15, 0.2) is 0 Å². The van der Waals surface area contributed by atoms with E-state index in [-0.39, 0.29) is 12.5 Å². The van der Waals surface area contributed by atoms with Gasteiger partial charge < -0.3 is 9.88 Å². The summed E-state index contributed by atoms with van der Waals surface area (Å²) in [7, 11) is -3.44. The van der Waals surface area contributed by atoms with Crippen LogP contribution in [0.5, 0.6) is 0 Å². The van der Waals surface area contributed by atoms with Crippen molar-refractivity contribution in [2.24, 2.45) is 0 Å². The summed E-state index contributed by atoms with van der Waals surface area (Å²) in [5.41, 5.74) is 3.92. The summed E-state index contributed by atoms with van der Waals surface area (Å²) in [6.45, 7) is 6.75. The molecule has 0 spiro atoms. The largest absolute Gasteiger partial charge is 0.341 e. The lowest BCUT2D eigenvalue weighted by Crippen LogP contribution is -2.29. The fourth-order valence-electron chi connectivity index (χ4n) is 4.00. The number of carbonyl (C=O) groups excluding carboxylic acids is 1. The van der Waals surface area contributed by atoms with Crippen LogP contribution in [-0.2, 0) is 16.6 Å². The van der Waals surface area contributed by atoms with E-state index in [1.54, 1.807) is 24.3 Å². The molecule has 1 amide bonds. The molecule has 6 nitrogen and oxygen atoms in total. The zero-order chi connectivity index (χ0) is 22.9. The number of benzene rings is 3. The van der Waals surface area contributed by atoms with Crippen molar-refractivity contribution in [3.63, 3.8) is 0 Å². The van der Waals surface area contributed by atoms with Crippen LogP contribution in [0, 0.1) is 0 Å². The van der Waals surface area contributed by atoms with Gasteiger partial charge in [-0.05, 0) is 55.5 Å². The summed E-state index contributed by atoms with van der Waals surface area (Å²) < 4.78 is 27.5. The summed E-state index contributed by atoms with van der Waals surface area (Å²) in [6.07, 6.45) is 2.66. The Morgan fingerprint density at radius 2 is 1.72 bits per heavy atom. The van der Waals surface area contributed by atoms with E-state index in [2.05, 4.69) is 35.5 Å². The monoisotopic (exact) mass is 447 g/mol. The molecule has 7 heteroatoms. The third-order valence-electron chi connectivity index (χ3n) is 5.46. The van der Waals surface area contributed by atoms with Gasteiger partial charge in [-0.25, -0.2) is 8.42 Å². The summed E-state index contributed by atoms with van der Waals surface area (Å²) in [5, 5.41) is 5.18. The van der Waals surface area contributed by atoms with Crippen molar-refractivity contribution in [1.29, 1.82) is 0 Å². The van der Waals surface area contributed by atoms with Gasteiger partial charge >= 0.3 is 0 Å². The van der Waals surface area contributed by atoms with Crippen LogP contribution in [0.3, 0.4) is 0 Å². The molecule has 0 bridgehead atoms. The van der Waals surface area contributed by atoms with Crippen LogP contribution < -0.4 is 9.62 Å². The standard InChI is InChI=1S/C25H25N3O3S/c1-4-16-28(32(3,30)31)20-13-10-18(11-14-20)25(29)26-19-12-15-24-22(17-19)21-8-6-7-9-23(21)27(24)5-2/h4,6-15,17H,1,5,16H2,2-3H3,(H,26,29). The number of amides is 1. The molecule has 0 aliphatic rings. The number of aryl methyl sites for hydroxylation is 1. The van der Waals surface area contributed by atoms with E-state index in [1.165, 1.54) is 15.9 Å². The Hall–Kier alpha value is -3.58. The van der Waals surface area contributed by atoms with E-state index in [0.717, 1.165) is 29.1 Å². The van der Waals surface area contributed by atoms with Crippen LogP contribution in [0.1, 0.15) is 17.3 Å². The number of aromatic nitrogens is 1. The predicted molar refractivity (Wildman–Crippen MR) is 132 cm³/mol. The number of carbonyl (C=O) groups is 1. The van der Waals surface area contributed by atoms with Gasteiger partial charge in [-0.2, -0.15) is 0 Å². The molecule has 0 fully saturated rings. The number of hydrogen-bond donors (Lipinski definition) is 1. The Labute approximate surface area is 187 Å². The first kappa shape index (κ1) is 21.6. The molecule has 0 unspecified atom stereocenters. The van der Waals surface area contributed by atoms with Crippen LogP contribution in [0.25, 0.3) is 21.8 Å². The van der Waals surface area contributed by atoms with E-state index in [1.807, 2.05) is 30.3 Å². The second kappa shape index (κ2) is 8.51. The number of nitrogens with one attached hydrogen (secondary N) is 1. The first-order valence-corrected chi connectivity index (χ1v) is 12.2. The molecular formula is C25H25N3O3S. The van der Waals surface area contributed by atoms with Crippen molar-refractivity contribution >= 4 is 49.1 Å². The average molecular weight is 448 g/mol. The molecule has 1 heterocycles. The van der Waals surface area contributed by atoms with Crippen molar-refractivity contribution in [2.45, 2.75) is 13.5 Å². The summed E-state index contributed by atoms with van der Waals surface area (Å²) in [4.78, 5) is 12.8. The highest BCUT2D eigenvalue weighted by atomic mass is 32.2. The Bertz CT molecular complexity index is 1420. The summed E-state index contributed by atoms with van der Waals surface area (Å²) in [6, 6.07) is 20.6. The smallest absolute Gasteiger partial charge is 0.255 e. The number of para-hydroxylation sites is 1. The first-order chi connectivity index (χ1) is 15.3. The summed E-state index contributed by atoms with van der Waals surface area (Å²) in [5.74, 6) is -0.259. The molecule has 1 aromatic heterocycles. The molecule has 0 radical (unpaired) electrons. The predicted octanol–water partition coefficient (Wildman–Crippen LogP) is 5.02. The Kier molecular flexibility index (Phi) is 5.76. The van der Waals surface area contributed by atoms with Gasteiger partial charge in [0.1, 0.15) is 0 Å². The minimum atomic E-state index is -3.44. The van der Waals surface area contributed by atoms with Gasteiger partial charge in [0.25, 0.3) is 5.91 Å². The maximum absolute atomic E-state index is 12.8. The van der Waals surface area contributed by atoms with Crippen molar-refractivity contribution in [3.05, 3.63) is 84.9 Å². The molecule has 4 rings (SSSR count). The molecule has 1 N–H and O–H groups in total. The second-order valence-corrected chi connectivity index (χ2v) is 9.48. The topological polar surface area (TPSA) is 71.4 Å². The van der Waals surface area contributed by atoms with E-state index >= 15 is 0 Å². The second-order valence-electron chi connectivity index (χ2n) is 7.58. The normalized spacial score (nSPS) is 11.6. The molecule has 32 heavy (non-hydrogen) atoms. The molecule has 164 valence electrons. The van der Waals surface area contributed by atoms with Crippen molar-refractivity contribution < 1.29 is 13.2 Å². The molecule has 4 aromatic rings. The van der Waals surface area contributed by atoms with Gasteiger partial charge in [0, 0.05) is 39.6 Å². The van der Waals surface area contributed by atoms with E-state index in [0.29, 0.717) is 16.9 Å². The van der Waals surface area contributed by atoms with Gasteiger partial charge in [0.05, 0.1) is 18.5 Å². The van der Waals surface area contributed by atoms with E-state index in [9.17, 15) is 13.2 Å². The Balaban J connectivity index is 1.61. The van der Waals surface area contributed by atoms with Crippen molar-refractivity contribution in [3.8, 4) is 0 Å². The molecule has 0 saturated heterocycles. The van der Waals surface area contributed by atoms with Crippen molar-refractivity contribution in [1.82, 2.24) is 4.57 Å².